The van der Waals surface area contributed by atoms with Gasteiger partial charge in [-0.25, -0.2) is 17.8 Å². The van der Waals surface area contributed by atoms with E-state index >= 15 is 0 Å². The molecule has 0 aliphatic carbocycles. The maximum Gasteiger partial charge on any atom is 0.431 e. The lowest BCUT2D eigenvalue weighted by Gasteiger charge is -2.14. The van der Waals surface area contributed by atoms with Gasteiger partial charge >= 0.3 is 11.9 Å². The van der Waals surface area contributed by atoms with Gasteiger partial charge in [0.15, 0.2) is 9.84 Å². The van der Waals surface area contributed by atoms with Gasteiger partial charge in [-0.1, -0.05) is 0 Å². The zero-order valence-corrected chi connectivity index (χ0v) is 15.6. The van der Waals surface area contributed by atoms with Gasteiger partial charge in [-0.2, -0.15) is 17.5 Å². The molecule has 2 aromatic heterocycles. The molecular formula is C15H12F3N3O4S2. The molecule has 27 heavy (non-hydrogen) atoms. The van der Waals surface area contributed by atoms with E-state index in [2.05, 4.69) is 4.37 Å². The van der Waals surface area contributed by atoms with Crippen molar-refractivity contribution in [3.8, 4) is 5.69 Å². The third-order valence-corrected chi connectivity index (χ3v) is 5.46. The Labute approximate surface area is 154 Å². The fraction of sp³-hybridized carbons (Fsp3) is 0.267. The third-order valence-electron chi connectivity index (χ3n) is 3.80. The Bertz CT molecular complexity index is 1270. The van der Waals surface area contributed by atoms with E-state index < -0.39 is 33.0 Å². The first-order valence-corrected chi connectivity index (χ1v) is 10.2. The molecule has 12 heteroatoms. The van der Waals surface area contributed by atoms with Crippen molar-refractivity contribution in [1.82, 2.24) is 13.5 Å². The number of fused-ring (bicyclic) bond motifs is 1. The molecule has 0 bridgehead atoms. The lowest BCUT2D eigenvalue weighted by Crippen LogP contribution is -2.40. The van der Waals surface area contributed by atoms with Crippen molar-refractivity contribution in [1.29, 1.82) is 0 Å². The minimum atomic E-state index is -4.85. The van der Waals surface area contributed by atoms with Crippen LogP contribution in [-0.4, -0.2) is 28.2 Å². The predicted molar refractivity (Wildman–Crippen MR) is 94.0 cm³/mol. The SMILES string of the molecule is Cn1c(C(F)(F)F)cc(=O)n(-c2ccc3snc(CS(C)(=O)=O)c3c2)c1=O. The van der Waals surface area contributed by atoms with Gasteiger partial charge in [0.25, 0.3) is 5.56 Å². The van der Waals surface area contributed by atoms with Gasteiger partial charge in [-0.3, -0.25) is 9.36 Å². The molecule has 0 aliphatic heterocycles. The van der Waals surface area contributed by atoms with Gasteiger partial charge in [0.1, 0.15) is 5.69 Å². The van der Waals surface area contributed by atoms with E-state index in [4.69, 9.17) is 0 Å². The van der Waals surface area contributed by atoms with Crippen molar-refractivity contribution in [2.24, 2.45) is 7.05 Å². The molecule has 0 N–H and O–H groups in total. The van der Waals surface area contributed by atoms with Crippen LogP contribution in [0.15, 0.2) is 33.9 Å². The average Bonchev–Trinajstić information content (AvgIpc) is 2.90. The molecule has 0 spiro atoms. The smallest absolute Gasteiger partial charge is 0.292 e. The first kappa shape index (κ1) is 19.3. The lowest BCUT2D eigenvalue weighted by molar-refractivity contribution is -0.144. The number of hydrogen-bond acceptors (Lipinski definition) is 6. The summed E-state index contributed by atoms with van der Waals surface area (Å²) < 4.78 is 67.5. The molecular weight excluding hydrogens is 407 g/mol. The number of benzene rings is 1. The Morgan fingerprint density at radius 3 is 2.44 bits per heavy atom. The monoisotopic (exact) mass is 419 g/mol. The molecule has 0 unspecified atom stereocenters. The molecule has 3 aromatic rings. The first-order valence-electron chi connectivity index (χ1n) is 7.35. The maximum atomic E-state index is 12.9. The highest BCUT2D eigenvalue weighted by molar-refractivity contribution is 7.89. The van der Waals surface area contributed by atoms with E-state index in [9.17, 15) is 31.2 Å². The van der Waals surface area contributed by atoms with Gasteiger partial charge in [0, 0.05) is 24.8 Å². The third kappa shape index (κ3) is 3.67. The van der Waals surface area contributed by atoms with Crippen molar-refractivity contribution in [3.05, 3.63) is 56.5 Å². The highest BCUT2D eigenvalue weighted by Crippen LogP contribution is 2.28. The second-order valence-electron chi connectivity index (χ2n) is 5.92. The Balaban J connectivity index is 2.25. The van der Waals surface area contributed by atoms with E-state index in [1.165, 1.54) is 18.2 Å². The van der Waals surface area contributed by atoms with Crippen molar-refractivity contribution in [2.45, 2.75) is 11.9 Å². The van der Waals surface area contributed by atoms with Crippen LogP contribution in [0.2, 0.25) is 0 Å². The fourth-order valence-corrected chi connectivity index (χ4v) is 4.18. The zero-order chi connectivity index (χ0) is 20.1. The van der Waals surface area contributed by atoms with Crippen molar-refractivity contribution < 1.29 is 21.6 Å². The number of nitrogens with zero attached hydrogens (tertiary/aromatic N) is 3. The lowest BCUT2D eigenvalue weighted by atomic mass is 10.2. The quantitative estimate of drug-likeness (QED) is 0.645. The minimum Gasteiger partial charge on any atom is -0.292 e. The van der Waals surface area contributed by atoms with E-state index in [0.29, 0.717) is 25.3 Å². The Kier molecular flexibility index (Phi) is 4.50. The molecule has 0 saturated carbocycles. The molecule has 3 rings (SSSR count). The summed E-state index contributed by atoms with van der Waals surface area (Å²) in [6, 6.07) is 4.63. The molecule has 144 valence electrons. The van der Waals surface area contributed by atoms with E-state index in [1.54, 1.807) is 0 Å². The van der Waals surface area contributed by atoms with Crippen LogP contribution >= 0.6 is 11.5 Å². The summed E-state index contributed by atoms with van der Waals surface area (Å²) in [4.78, 5) is 24.6. The number of aromatic nitrogens is 3. The molecule has 0 saturated heterocycles. The summed E-state index contributed by atoms with van der Waals surface area (Å²) in [6.45, 7) is 0. The van der Waals surface area contributed by atoms with Gasteiger partial charge < -0.3 is 0 Å². The number of alkyl halides is 3. The standard InChI is InChI=1S/C15H12F3N3O4S2/c1-20-12(15(16,17)18)6-13(22)21(14(20)23)8-3-4-11-9(5-8)10(19-26-11)7-27(2,24)25/h3-6H,7H2,1-2H3. The topological polar surface area (TPSA) is 91.0 Å². The predicted octanol–water partition coefficient (Wildman–Crippen LogP) is 1.71. The Morgan fingerprint density at radius 1 is 1.19 bits per heavy atom. The summed E-state index contributed by atoms with van der Waals surface area (Å²) in [5, 5.41) is 0.414. The minimum absolute atomic E-state index is 0.0248. The second kappa shape index (κ2) is 6.30. The van der Waals surface area contributed by atoms with Gasteiger partial charge in [-0.15, -0.1) is 0 Å². The van der Waals surface area contributed by atoms with E-state index in [-0.39, 0.29) is 17.1 Å². The summed E-state index contributed by atoms with van der Waals surface area (Å²) in [5.74, 6) is -0.337. The Hall–Kier alpha value is -2.47. The number of hydrogen-bond donors (Lipinski definition) is 0. The van der Waals surface area contributed by atoms with Crippen LogP contribution in [0, 0.1) is 0 Å². The summed E-state index contributed by atoms with van der Waals surface area (Å²) in [6.07, 6.45) is -3.81. The Morgan fingerprint density at radius 2 is 1.85 bits per heavy atom. The molecule has 7 nitrogen and oxygen atoms in total. The summed E-state index contributed by atoms with van der Waals surface area (Å²) in [7, 11) is -2.46. The van der Waals surface area contributed by atoms with Gasteiger partial charge in [0.2, 0.25) is 0 Å². The van der Waals surface area contributed by atoms with E-state index in [0.717, 1.165) is 24.8 Å². The maximum absolute atomic E-state index is 12.9. The van der Waals surface area contributed by atoms with Crippen LogP contribution in [0.1, 0.15) is 11.4 Å². The summed E-state index contributed by atoms with van der Waals surface area (Å²) >= 11 is 1.04. The number of sulfone groups is 1. The number of rotatable bonds is 3. The molecule has 0 fully saturated rings. The first-order chi connectivity index (χ1) is 12.4. The highest BCUT2D eigenvalue weighted by Gasteiger charge is 2.35. The highest BCUT2D eigenvalue weighted by atomic mass is 32.2. The van der Waals surface area contributed by atoms with Crippen LogP contribution in [-0.2, 0) is 28.8 Å². The van der Waals surface area contributed by atoms with Crippen molar-refractivity contribution in [2.75, 3.05) is 6.26 Å². The van der Waals surface area contributed by atoms with Gasteiger partial charge in [-0.05, 0) is 29.7 Å². The fourth-order valence-electron chi connectivity index (χ4n) is 2.60. The number of halogens is 3. The summed E-state index contributed by atoms with van der Waals surface area (Å²) in [5.41, 5.74) is -3.39. The van der Waals surface area contributed by atoms with E-state index in [1.807, 2.05) is 0 Å². The molecule has 0 aliphatic rings. The molecule has 0 radical (unpaired) electrons. The van der Waals surface area contributed by atoms with Crippen LogP contribution in [0.5, 0.6) is 0 Å². The molecule has 2 heterocycles. The van der Waals surface area contributed by atoms with Crippen LogP contribution in [0.25, 0.3) is 15.8 Å². The largest absolute Gasteiger partial charge is 0.431 e. The van der Waals surface area contributed by atoms with Crippen molar-refractivity contribution in [3.63, 3.8) is 0 Å². The van der Waals surface area contributed by atoms with Crippen LogP contribution < -0.4 is 11.2 Å². The zero-order valence-electron chi connectivity index (χ0n) is 13.9. The normalized spacial score (nSPS) is 12.6. The van der Waals surface area contributed by atoms with Crippen LogP contribution in [0.3, 0.4) is 0 Å². The van der Waals surface area contributed by atoms with Gasteiger partial charge in [0.05, 0.1) is 21.8 Å². The molecule has 1 aromatic carbocycles. The molecule has 0 amide bonds. The molecule has 0 atom stereocenters. The van der Waals surface area contributed by atoms with Crippen molar-refractivity contribution >= 4 is 31.5 Å². The average molecular weight is 419 g/mol. The van der Waals surface area contributed by atoms with Crippen LogP contribution in [0.4, 0.5) is 13.2 Å². The second-order valence-corrected chi connectivity index (χ2v) is 8.87.